The number of thiazole rings is 1. The van der Waals surface area contributed by atoms with Crippen molar-refractivity contribution >= 4 is 16.5 Å². The molecule has 0 saturated carbocycles. The predicted octanol–water partition coefficient (Wildman–Crippen LogP) is 2.29. The smallest absolute Gasteiger partial charge is 0.185 e. The van der Waals surface area contributed by atoms with Crippen LogP contribution in [0.2, 0.25) is 0 Å². The zero-order valence-corrected chi connectivity index (χ0v) is 13.1. The summed E-state index contributed by atoms with van der Waals surface area (Å²) in [6.07, 6.45) is 2.31. The first-order valence-corrected chi connectivity index (χ1v) is 7.99. The van der Waals surface area contributed by atoms with Crippen molar-refractivity contribution in [3.63, 3.8) is 0 Å². The minimum atomic E-state index is 0.761. The van der Waals surface area contributed by atoms with Crippen LogP contribution in [0.4, 0.5) is 5.13 Å². The van der Waals surface area contributed by atoms with Crippen LogP contribution in [0.25, 0.3) is 0 Å². The van der Waals surface area contributed by atoms with E-state index in [-0.39, 0.29) is 0 Å². The maximum Gasteiger partial charge on any atom is 0.185 e. The molecule has 2 rings (SSSR count). The first kappa shape index (κ1) is 14.8. The number of aromatic nitrogens is 1. The summed E-state index contributed by atoms with van der Waals surface area (Å²) in [6.45, 7) is 9.39. The van der Waals surface area contributed by atoms with E-state index in [1.54, 1.807) is 7.11 Å². The van der Waals surface area contributed by atoms with Gasteiger partial charge < -0.3 is 15.0 Å². The highest BCUT2D eigenvalue weighted by Gasteiger charge is 2.22. The van der Waals surface area contributed by atoms with E-state index in [1.807, 2.05) is 11.3 Å². The SMILES string of the molecule is CCc1nc(N2CCC(C)C2)sc1CNCCOC. The normalized spacial score (nSPS) is 19.3. The largest absolute Gasteiger partial charge is 0.383 e. The molecule has 0 bridgehead atoms. The summed E-state index contributed by atoms with van der Waals surface area (Å²) < 4.78 is 5.05. The molecular weight excluding hydrogens is 258 g/mol. The third kappa shape index (κ3) is 3.91. The molecule has 1 aromatic rings. The van der Waals surface area contributed by atoms with Gasteiger partial charge in [-0.3, -0.25) is 0 Å². The van der Waals surface area contributed by atoms with Crippen LogP contribution in [0.15, 0.2) is 0 Å². The molecule has 0 radical (unpaired) electrons. The van der Waals surface area contributed by atoms with Gasteiger partial charge in [0, 0.05) is 38.2 Å². The van der Waals surface area contributed by atoms with Gasteiger partial charge in [-0.05, 0) is 18.8 Å². The number of nitrogens with zero attached hydrogens (tertiary/aromatic N) is 2. The van der Waals surface area contributed by atoms with Crippen molar-refractivity contribution in [1.82, 2.24) is 10.3 Å². The zero-order valence-electron chi connectivity index (χ0n) is 12.2. The number of aryl methyl sites for hydroxylation is 1. The molecule has 1 fully saturated rings. The highest BCUT2D eigenvalue weighted by molar-refractivity contribution is 7.15. The molecule has 0 aliphatic carbocycles. The monoisotopic (exact) mass is 283 g/mol. The minimum Gasteiger partial charge on any atom is -0.383 e. The van der Waals surface area contributed by atoms with Crippen LogP contribution < -0.4 is 10.2 Å². The van der Waals surface area contributed by atoms with Gasteiger partial charge in [-0.1, -0.05) is 13.8 Å². The van der Waals surface area contributed by atoms with Gasteiger partial charge in [-0.25, -0.2) is 4.98 Å². The molecule has 1 N–H and O–H groups in total. The maximum absolute atomic E-state index is 5.05. The number of anilines is 1. The van der Waals surface area contributed by atoms with E-state index in [1.165, 1.54) is 22.1 Å². The van der Waals surface area contributed by atoms with Crippen LogP contribution >= 0.6 is 11.3 Å². The Morgan fingerprint density at radius 2 is 2.37 bits per heavy atom. The average Bonchev–Trinajstić information content (AvgIpc) is 3.00. The van der Waals surface area contributed by atoms with Gasteiger partial charge in [-0.2, -0.15) is 0 Å². The first-order chi connectivity index (χ1) is 9.24. The predicted molar refractivity (Wildman–Crippen MR) is 81.1 cm³/mol. The van der Waals surface area contributed by atoms with E-state index in [4.69, 9.17) is 9.72 Å². The summed E-state index contributed by atoms with van der Waals surface area (Å²) in [7, 11) is 1.73. The first-order valence-electron chi connectivity index (χ1n) is 7.17. The molecule has 19 heavy (non-hydrogen) atoms. The maximum atomic E-state index is 5.05. The number of hydrogen-bond donors (Lipinski definition) is 1. The Hall–Kier alpha value is -0.650. The molecule has 5 heteroatoms. The second kappa shape index (κ2) is 7.22. The Morgan fingerprint density at radius 3 is 3.00 bits per heavy atom. The fourth-order valence-electron chi connectivity index (χ4n) is 2.40. The quantitative estimate of drug-likeness (QED) is 0.779. The Balaban J connectivity index is 1.96. The third-order valence-electron chi connectivity index (χ3n) is 3.56. The third-order valence-corrected chi connectivity index (χ3v) is 4.72. The molecule has 1 aromatic heterocycles. The van der Waals surface area contributed by atoms with Crippen molar-refractivity contribution in [1.29, 1.82) is 0 Å². The van der Waals surface area contributed by atoms with Gasteiger partial charge in [-0.15, -0.1) is 11.3 Å². The van der Waals surface area contributed by atoms with Crippen LogP contribution in [0.1, 0.15) is 30.8 Å². The van der Waals surface area contributed by atoms with Gasteiger partial charge in [0.15, 0.2) is 5.13 Å². The van der Waals surface area contributed by atoms with Crippen molar-refractivity contribution in [2.45, 2.75) is 33.2 Å². The fraction of sp³-hybridized carbons (Fsp3) is 0.786. The lowest BCUT2D eigenvalue weighted by molar-refractivity contribution is 0.199. The summed E-state index contributed by atoms with van der Waals surface area (Å²) in [5, 5.41) is 4.63. The van der Waals surface area contributed by atoms with E-state index in [0.717, 1.165) is 45.1 Å². The summed E-state index contributed by atoms with van der Waals surface area (Å²) in [5.74, 6) is 0.803. The van der Waals surface area contributed by atoms with E-state index in [9.17, 15) is 0 Å². The molecular formula is C14H25N3OS. The second-order valence-electron chi connectivity index (χ2n) is 5.23. The summed E-state index contributed by atoms with van der Waals surface area (Å²) in [5.41, 5.74) is 1.25. The Morgan fingerprint density at radius 1 is 1.53 bits per heavy atom. The fourth-order valence-corrected chi connectivity index (χ4v) is 3.56. The van der Waals surface area contributed by atoms with E-state index < -0.39 is 0 Å². The second-order valence-corrected chi connectivity index (χ2v) is 6.29. The number of rotatable bonds is 7. The molecule has 0 aromatic carbocycles. The molecule has 0 amide bonds. The van der Waals surface area contributed by atoms with Crippen molar-refractivity contribution in [3.8, 4) is 0 Å². The molecule has 1 aliphatic rings. The van der Waals surface area contributed by atoms with Crippen molar-refractivity contribution in [2.75, 3.05) is 38.3 Å². The Kier molecular flexibility index (Phi) is 5.60. The topological polar surface area (TPSA) is 37.4 Å². The minimum absolute atomic E-state index is 0.761. The molecule has 1 atom stereocenters. The molecule has 1 unspecified atom stereocenters. The van der Waals surface area contributed by atoms with Crippen molar-refractivity contribution in [2.24, 2.45) is 5.92 Å². The molecule has 1 aliphatic heterocycles. The van der Waals surface area contributed by atoms with Gasteiger partial charge in [0.1, 0.15) is 0 Å². The number of methoxy groups -OCH3 is 1. The van der Waals surface area contributed by atoms with Crippen LogP contribution in [-0.4, -0.2) is 38.3 Å². The standard InChI is InChI=1S/C14H25N3OS/c1-4-12-13(9-15-6-8-18-3)19-14(16-12)17-7-5-11(2)10-17/h11,15H,4-10H2,1-3H3. The van der Waals surface area contributed by atoms with Crippen LogP contribution in [0.3, 0.4) is 0 Å². The molecule has 2 heterocycles. The Bertz CT molecular complexity index is 394. The zero-order chi connectivity index (χ0) is 13.7. The summed E-state index contributed by atoms with van der Waals surface area (Å²) >= 11 is 1.85. The number of nitrogens with one attached hydrogen (secondary N) is 1. The lowest BCUT2D eigenvalue weighted by Gasteiger charge is -2.13. The van der Waals surface area contributed by atoms with Gasteiger partial charge in [0.05, 0.1) is 12.3 Å². The van der Waals surface area contributed by atoms with Crippen molar-refractivity contribution in [3.05, 3.63) is 10.6 Å². The summed E-state index contributed by atoms with van der Waals surface area (Å²) in [6, 6.07) is 0. The number of ether oxygens (including phenoxy) is 1. The van der Waals surface area contributed by atoms with E-state index in [0.29, 0.717) is 0 Å². The van der Waals surface area contributed by atoms with Crippen LogP contribution in [0.5, 0.6) is 0 Å². The highest BCUT2D eigenvalue weighted by Crippen LogP contribution is 2.30. The van der Waals surface area contributed by atoms with Crippen LogP contribution in [-0.2, 0) is 17.7 Å². The molecule has 108 valence electrons. The lowest BCUT2D eigenvalue weighted by Crippen LogP contribution is -2.18. The van der Waals surface area contributed by atoms with E-state index >= 15 is 0 Å². The van der Waals surface area contributed by atoms with Crippen molar-refractivity contribution < 1.29 is 4.74 Å². The van der Waals surface area contributed by atoms with E-state index in [2.05, 4.69) is 24.1 Å². The lowest BCUT2D eigenvalue weighted by atomic mass is 10.2. The number of hydrogen-bond acceptors (Lipinski definition) is 5. The molecule has 4 nitrogen and oxygen atoms in total. The summed E-state index contributed by atoms with van der Waals surface area (Å²) in [4.78, 5) is 8.64. The van der Waals surface area contributed by atoms with Gasteiger partial charge in [0.25, 0.3) is 0 Å². The molecule has 1 saturated heterocycles. The van der Waals surface area contributed by atoms with Gasteiger partial charge in [0.2, 0.25) is 0 Å². The average molecular weight is 283 g/mol. The molecule has 0 spiro atoms. The Labute approximate surface area is 120 Å². The van der Waals surface area contributed by atoms with Crippen LogP contribution in [0, 0.1) is 5.92 Å². The van der Waals surface area contributed by atoms with Gasteiger partial charge >= 0.3 is 0 Å². The highest BCUT2D eigenvalue weighted by atomic mass is 32.1.